The third kappa shape index (κ3) is 6.05. The van der Waals surface area contributed by atoms with Crippen LogP contribution in [0.4, 0.5) is 0 Å². The first-order valence-electron chi connectivity index (χ1n) is 5.18. The van der Waals surface area contributed by atoms with E-state index in [1.165, 1.54) is 0 Å². The van der Waals surface area contributed by atoms with Crippen LogP contribution in [0.1, 0.15) is 24.8 Å². The Morgan fingerprint density at radius 2 is 2.19 bits per heavy atom. The maximum absolute atomic E-state index is 10.4. The van der Waals surface area contributed by atoms with Crippen molar-refractivity contribution in [3.8, 4) is 0 Å². The molecule has 0 aromatic heterocycles. The van der Waals surface area contributed by atoms with Gasteiger partial charge in [-0.2, -0.15) is 0 Å². The molecular weight excluding hydrogens is 244 g/mol. The SMILES string of the molecule is O=S(O)CCCCC=Cc1cccc(Cl)c1. The highest BCUT2D eigenvalue weighted by atomic mass is 35.5. The molecule has 1 aromatic rings. The van der Waals surface area contributed by atoms with E-state index in [0.717, 1.165) is 29.8 Å². The Bertz CT molecular complexity index is 377. The molecule has 88 valence electrons. The van der Waals surface area contributed by atoms with Crippen molar-refractivity contribution in [3.05, 3.63) is 40.9 Å². The Kier molecular flexibility index (Phi) is 6.38. The molecule has 0 heterocycles. The molecule has 1 aromatic carbocycles. The molecule has 0 aliphatic carbocycles. The van der Waals surface area contributed by atoms with Gasteiger partial charge in [-0.15, -0.1) is 0 Å². The van der Waals surface area contributed by atoms with Crippen LogP contribution >= 0.6 is 11.6 Å². The molecule has 0 fully saturated rings. The second-order valence-corrected chi connectivity index (χ2v) is 4.97. The number of hydrogen-bond donors (Lipinski definition) is 1. The minimum Gasteiger partial charge on any atom is -0.306 e. The summed E-state index contributed by atoms with van der Waals surface area (Å²) in [6.45, 7) is 0. The molecule has 0 radical (unpaired) electrons. The van der Waals surface area contributed by atoms with Crippen molar-refractivity contribution in [2.75, 3.05) is 5.75 Å². The molecule has 1 atom stereocenters. The van der Waals surface area contributed by atoms with Crippen molar-refractivity contribution < 1.29 is 8.76 Å². The van der Waals surface area contributed by atoms with Crippen LogP contribution < -0.4 is 0 Å². The molecule has 4 heteroatoms. The maximum atomic E-state index is 10.4. The fourth-order valence-corrected chi connectivity index (χ4v) is 1.97. The van der Waals surface area contributed by atoms with E-state index >= 15 is 0 Å². The summed E-state index contributed by atoms with van der Waals surface area (Å²) in [4.78, 5) is 0. The molecular formula is C12H15ClO2S. The molecule has 0 aliphatic heterocycles. The monoisotopic (exact) mass is 258 g/mol. The summed E-state index contributed by atoms with van der Waals surface area (Å²) in [5.74, 6) is 0.366. The van der Waals surface area contributed by atoms with Crippen LogP contribution in [-0.2, 0) is 11.1 Å². The molecule has 1 rings (SSSR count). The van der Waals surface area contributed by atoms with Crippen LogP contribution in [0.2, 0.25) is 5.02 Å². The van der Waals surface area contributed by atoms with Gasteiger partial charge in [-0.1, -0.05) is 35.9 Å². The van der Waals surface area contributed by atoms with Crippen LogP contribution in [-0.4, -0.2) is 14.5 Å². The average Bonchev–Trinajstić information content (AvgIpc) is 2.23. The third-order valence-corrected chi connectivity index (χ3v) is 2.97. The van der Waals surface area contributed by atoms with E-state index in [-0.39, 0.29) is 0 Å². The van der Waals surface area contributed by atoms with E-state index in [0.29, 0.717) is 5.75 Å². The Morgan fingerprint density at radius 1 is 1.38 bits per heavy atom. The predicted molar refractivity (Wildman–Crippen MR) is 70.0 cm³/mol. The van der Waals surface area contributed by atoms with Crippen molar-refractivity contribution >= 4 is 28.8 Å². The number of rotatable bonds is 6. The molecule has 16 heavy (non-hydrogen) atoms. The molecule has 1 unspecified atom stereocenters. The van der Waals surface area contributed by atoms with Crippen LogP contribution in [0.5, 0.6) is 0 Å². The highest BCUT2D eigenvalue weighted by molar-refractivity contribution is 7.79. The second-order valence-electron chi connectivity index (χ2n) is 3.48. The molecule has 0 bridgehead atoms. The minimum absolute atomic E-state index is 0.366. The summed E-state index contributed by atoms with van der Waals surface area (Å²) >= 11 is 4.20. The van der Waals surface area contributed by atoms with Gasteiger partial charge in [-0.3, -0.25) is 0 Å². The molecule has 0 saturated carbocycles. The summed E-state index contributed by atoms with van der Waals surface area (Å²) < 4.78 is 18.9. The highest BCUT2D eigenvalue weighted by Crippen LogP contribution is 2.12. The smallest absolute Gasteiger partial charge is 0.152 e. The zero-order valence-corrected chi connectivity index (χ0v) is 10.5. The average molecular weight is 259 g/mol. The molecule has 0 saturated heterocycles. The number of benzene rings is 1. The Morgan fingerprint density at radius 3 is 2.88 bits per heavy atom. The van der Waals surface area contributed by atoms with Gasteiger partial charge < -0.3 is 4.55 Å². The third-order valence-electron chi connectivity index (χ3n) is 2.10. The van der Waals surface area contributed by atoms with Crippen molar-refractivity contribution in [2.45, 2.75) is 19.3 Å². The maximum Gasteiger partial charge on any atom is 0.152 e. The van der Waals surface area contributed by atoms with Crippen molar-refractivity contribution in [3.63, 3.8) is 0 Å². The lowest BCUT2D eigenvalue weighted by Crippen LogP contribution is -1.93. The van der Waals surface area contributed by atoms with E-state index in [1.807, 2.05) is 30.3 Å². The van der Waals surface area contributed by atoms with Crippen molar-refractivity contribution in [2.24, 2.45) is 0 Å². The van der Waals surface area contributed by atoms with Gasteiger partial charge >= 0.3 is 0 Å². The first-order chi connectivity index (χ1) is 7.68. The molecule has 1 N–H and O–H groups in total. The van der Waals surface area contributed by atoms with Gasteiger partial charge in [0, 0.05) is 10.8 Å². The summed E-state index contributed by atoms with van der Waals surface area (Å²) in [5, 5.41) is 0.734. The van der Waals surface area contributed by atoms with Crippen LogP contribution in [0.25, 0.3) is 6.08 Å². The van der Waals surface area contributed by atoms with Crippen LogP contribution in [0.15, 0.2) is 30.3 Å². The number of unbranched alkanes of at least 4 members (excludes halogenated alkanes) is 2. The standard InChI is InChI=1S/C12H15ClO2S/c13-12-8-5-7-11(10-12)6-3-1-2-4-9-16(14)15/h3,5-8,10H,1-2,4,9H2,(H,14,15). The Hall–Kier alpha value is -0.640. The molecule has 0 amide bonds. The number of allylic oxidation sites excluding steroid dienone is 1. The van der Waals surface area contributed by atoms with Gasteiger partial charge in [-0.25, -0.2) is 4.21 Å². The number of halogens is 1. The Balaban J connectivity index is 2.24. The van der Waals surface area contributed by atoms with E-state index in [1.54, 1.807) is 0 Å². The lowest BCUT2D eigenvalue weighted by atomic mass is 10.2. The highest BCUT2D eigenvalue weighted by Gasteiger charge is 1.92. The van der Waals surface area contributed by atoms with Gasteiger partial charge in [0.05, 0.1) is 0 Å². The fourth-order valence-electron chi connectivity index (χ4n) is 1.32. The summed E-state index contributed by atoms with van der Waals surface area (Å²) in [6.07, 6.45) is 6.71. The second kappa shape index (κ2) is 7.60. The topological polar surface area (TPSA) is 37.3 Å². The Labute approximate surface area is 104 Å². The summed E-state index contributed by atoms with van der Waals surface area (Å²) in [7, 11) is 0. The quantitative estimate of drug-likeness (QED) is 0.623. The van der Waals surface area contributed by atoms with Gasteiger partial charge in [0.15, 0.2) is 11.1 Å². The van der Waals surface area contributed by atoms with Crippen molar-refractivity contribution in [1.29, 1.82) is 0 Å². The van der Waals surface area contributed by atoms with Gasteiger partial charge in [0.2, 0.25) is 0 Å². The van der Waals surface area contributed by atoms with Gasteiger partial charge in [0.25, 0.3) is 0 Å². The lowest BCUT2D eigenvalue weighted by Gasteiger charge is -1.95. The summed E-state index contributed by atoms with van der Waals surface area (Å²) in [5.41, 5.74) is 1.08. The lowest BCUT2D eigenvalue weighted by molar-refractivity contribution is 0.560. The molecule has 0 spiro atoms. The first-order valence-corrected chi connectivity index (χ1v) is 6.83. The first kappa shape index (κ1) is 13.4. The fraction of sp³-hybridized carbons (Fsp3) is 0.333. The zero-order valence-electron chi connectivity index (χ0n) is 8.93. The van der Waals surface area contributed by atoms with Gasteiger partial charge in [0.1, 0.15) is 0 Å². The van der Waals surface area contributed by atoms with Crippen molar-refractivity contribution in [1.82, 2.24) is 0 Å². The largest absolute Gasteiger partial charge is 0.306 e. The normalized spacial score (nSPS) is 13.1. The van der Waals surface area contributed by atoms with E-state index in [9.17, 15) is 4.21 Å². The van der Waals surface area contributed by atoms with Crippen LogP contribution in [0, 0.1) is 0 Å². The van der Waals surface area contributed by atoms with Crippen LogP contribution in [0.3, 0.4) is 0 Å². The number of hydrogen-bond acceptors (Lipinski definition) is 1. The van der Waals surface area contributed by atoms with Gasteiger partial charge in [-0.05, 0) is 37.0 Å². The minimum atomic E-state index is -1.65. The summed E-state index contributed by atoms with van der Waals surface area (Å²) in [6, 6.07) is 7.65. The predicted octanol–water partition coefficient (Wildman–Crippen LogP) is 3.75. The zero-order chi connectivity index (χ0) is 11.8. The van der Waals surface area contributed by atoms with E-state index in [4.69, 9.17) is 16.2 Å². The van der Waals surface area contributed by atoms with E-state index in [2.05, 4.69) is 6.08 Å². The molecule has 2 nitrogen and oxygen atoms in total. The molecule has 0 aliphatic rings. The van der Waals surface area contributed by atoms with E-state index < -0.39 is 11.1 Å².